The van der Waals surface area contributed by atoms with E-state index in [0.717, 1.165) is 6.54 Å². The lowest BCUT2D eigenvalue weighted by Crippen LogP contribution is -2.35. The molecule has 1 atom stereocenters. The van der Waals surface area contributed by atoms with Crippen molar-refractivity contribution in [3.05, 3.63) is 21.9 Å². The molecule has 0 spiro atoms. The van der Waals surface area contributed by atoms with Crippen molar-refractivity contribution in [3.63, 3.8) is 0 Å². The minimum absolute atomic E-state index is 0.237. The molecule has 0 aromatic carbocycles. The molecule has 1 aromatic rings. The Kier molecular flexibility index (Phi) is 3.87. The monoisotopic (exact) mass is 199 g/mol. The molecule has 4 heteroatoms. The van der Waals surface area contributed by atoms with Crippen molar-refractivity contribution in [1.82, 2.24) is 10.3 Å². The first-order chi connectivity index (χ1) is 6.15. The van der Waals surface area contributed by atoms with Crippen molar-refractivity contribution >= 4 is 11.3 Å². The van der Waals surface area contributed by atoms with Gasteiger partial charge in [0.25, 0.3) is 0 Å². The average molecular weight is 199 g/mol. The fraction of sp³-hybridized carbons (Fsp3) is 0.556. The number of nitrogens with two attached hydrogens (primary N) is 1. The van der Waals surface area contributed by atoms with E-state index in [9.17, 15) is 0 Å². The Morgan fingerprint density at radius 2 is 2.31 bits per heavy atom. The summed E-state index contributed by atoms with van der Waals surface area (Å²) in [7, 11) is 4.10. The lowest BCUT2D eigenvalue weighted by molar-refractivity contribution is 0.344. The molecular weight excluding hydrogens is 182 g/mol. The van der Waals surface area contributed by atoms with Crippen LogP contribution in [-0.2, 0) is 0 Å². The summed E-state index contributed by atoms with van der Waals surface area (Å²) in [5, 5.41) is 2.10. The first-order valence-corrected chi connectivity index (χ1v) is 5.18. The van der Waals surface area contributed by atoms with Crippen molar-refractivity contribution in [2.45, 2.75) is 13.0 Å². The quantitative estimate of drug-likeness (QED) is 0.564. The second-order valence-corrected chi connectivity index (χ2v) is 4.53. The molecule has 0 saturated carbocycles. The number of rotatable bonds is 4. The third kappa shape index (κ3) is 2.77. The van der Waals surface area contributed by atoms with Gasteiger partial charge in [0.2, 0.25) is 0 Å². The van der Waals surface area contributed by atoms with Crippen molar-refractivity contribution < 1.29 is 0 Å². The molecule has 13 heavy (non-hydrogen) atoms. The van der Waals surface area contributed by atoms with Gasteiger partial charge in [-0.05, 0) is 38.0 Å². The molecule has 0 amide bonds. The third-order valence-corrected chi connectivity index (χ3v) is 2.88. The van der Waals surface area contributed by atoms with E-state index in [1.807, 2.05) is 14.1 Å². The SMILES string of the molecule is Cc1sccc1C(CN(C)C)NN. The molecule has 1 rings (SSSR count). The Balaban J connectivity index is 2.72. The molecule has 0 bridgehead atoms. The van der Waals surface area contributed by atoms with Gasteiger partial charge in [0.1, 0.15) is 0 Å². The van der Waals surface area contributed by atoms with Crippen LogP contribution in [0, 0.1) is 6.92 Å². The molecule has 0 aliphatic carbocycles. The number of hydrogen-bond acceptors (Lipinski definition) is 4. The number of thiophene rings is 1. The van der Waals surface area contributed by atoms with Gasteiger partial charge in [-0.1, -0.05) is 0 Å². The van der Waals surface area contributed by atoms with E-state index in [4.69, 9.17) is 5.84 Å². The minimum atomic E-state index is 0.237. The van der Waals surface area contributed by atoms with Gasteiger partial charge < -0.3 is 4.90 Å². The smallest absolute Gasteiger partial charge is 0.0597 e. The summed E-state index contributed by atoms with van der Waals surface area (Å²) in [4.78, 5) is 3.46. The molecule has 3 nitrogen and oxygen atoms in total. The van der Waals surface area contributed by atoms with Gasteiger partial charge >= 0.3 is 0 Å². The summed E-state index contributed by atoms with van der Waals surface area (Å²) in [6, 6.07) is 2.37. The second-order valence-electron chi connectivity index (χ2n) is 3.41. The largest absolute Gasteiger partial charge is 0.307 e. The molecule has 0 radical (unpaired) electrons. The van der Waals surface area contributed by atoms with Crippen LogP contribution in [0.25, 0.3) is 0 Å². The Labute approximate surface area is 83.5 Å². The summed E-state index contributed by atoms with van der Waals surface area (Å²) in [6.07, 6.45) is 0. The molecule has 1 unspecified atom stereocenters. The number of hydrazine groups is 1. The van der Waals surface area contributed by atoms with Crippen molar-refractivity contribution in [3.8, 4) is 0 Å². The lowest BCUT2D eigenvalue weighted by Gasteiger charge is -2.20. The highest BCUT2D eigenvalue weighted by atomic mass is 32.1. The Bertz CT molecular complexity index is 257. The minimum Gasteiger partial charge on any atom is -0.307 e. The molecule has 3 N–H and O–H groups in total. The zero-order chi connectivity index (χ0) is 9.84. The summed E-state index contributed by atoms with van der Waals surface area (Å²) >= 11 is 1.76. The van der Waals surface area contributed by atoms with Gasteiger partial charge in [-0.15, -0.1) is 11.3 Å². The van der Waals surface area contributed by atoms with E-state index in [-0.39, 0.29) is 6.04 Å². The summed E-state index contributed by atoms with van der Waals surface area (Å²) < 4.78 is 0. The van der Waals surface area contributed by atoms with Crippen LogP contribution in [-0.4, -0.2) is 25.5 Å². The summed E-state index contributed by atoms with van der Waals surface area (Å²) in [6.45, 7) is 3.05. The fourth-order valence-corrected chi connectivity index (χ4v) is 2.13. The van der Waals surface area contributed by atoms with Crippen molar-refractivity contribution in [2.75, 3.05) is 20.6 Å². The Hall–Kier alpha value is -0.420. The van der Waals surface area contributed by atoms with Crippen LogP contribution in [0.2, 0.25) is 0 Å². The van der Waals surface area contributed by atoms with Gasteiger partial charge in [0.15, 0.2) is 0 Å². The van der Waals surface area contributed by atoms with E-state index in [1.54, 1.807) is 11.3 Å². The van der Waals surface area contributed by atoms with Crippen LogP contribution < -0.4 is 11.3 Å². The van der Waals surface area contributed by atoms with Gasteiger partial charge in [-0.25, -0.2) is 0 Å². The lowest BCUT2D eigenvalue weighted by atomic mass is 10.1. The summed E-state index contributed by atoms with van der Waals surface area (Å²) in [5.74, 6) is 5.51. The van der Waals surface area contributed by atoms with E-state index < -0.39 is 0 Å². The highest BCUT2D eigenvalue weighted by Gasteiger charge is 2.13. The highest BCUT2D eigenvalue weighted by molar-refractivity contribution is 7.10. The van der Waals surface area contributed by atoms with Gasteiger partial charge in [0, 0.05) is 11.4 Å². The van der Waals surface area contributed by atoms with Crippen LogP contribution in [0.3, 0.4) is 0 Å². The number of likely N-dealkylation sites (N-methyl/N-ethyl adjacent to an activating group) is 1. The van der Waals surface area contributed by atoms with Crippen LogP contribution >= 0.6 is 11.3 Å². The fourth-order valence-electron chi connectivity index (χ4n) is 1.36. The topological polar surface area (TPSA) is 41.3 Å². The van der Waals surface area contributed by atoms with Crippen LogP contribution in [0.1, 0.15) is 16.5 Å². The number of aryl methyl sites for hydroxylation is 1. The first-order valence-electron chi connectivity index (χ1n) is 4.30. The molecule has 1 heterocycles. The average Bonchev–Trinajstić information content (AvgIpc) is 2.47. The molecule has 0 fully saturated rings. The molecule has 1 aromatic heterocycles. The maximum atomic E-state index is 5.51. The van der Waals surface area contributed by atoms with Crippen LogP contribution in [0.4, 0.5) is 0 Å². The number of hydrogen-bond donors (Lipinski definition) is 2. The van der Waals surface area contributed by atoms with Crippen LogP contribution in [0.5, 0.6) is 0 Å². The normalized spacial score (nSPS) is 13.6. The molecule has 0 aliphatic heterocycles. The van der Waals surface area contributed by atoms with Crippen LogP contribution in [0.15, 0.2) is 11.4 Å². The van der Waals surface area contributed by atoms with Crippen molar-refractivity contribution in [2.24, 2.45) is 5.84 Å². The maximum Gasteiger partial charge on any atom is 0.0597 e. The van der Waals surface area contributed by atoms with Gasteiger partial charge in [-0.2, -0.15) is 0 Å². The van der Waals surface area contributed by atoms with Gasteiger partial charge in [0.05, 0.1) is 6.04 Å². The summed E-state index contributed by atoms with van der Waals surface area (Å²) in [5.41, 5.74) is 4.15. The molecule has 74 valence electrons. The van der Waals surface area contributed by atoms with Gasteiger partial charge in [-0.3, -0.25) is 11.3 Å². The highest BCUT2D eigenvalue weighted by Crippen LogP contribution is 2.22. The predicted molar refractivity (Wildman–Crippen MR) is 57.7 cm³/mol. The predicted octanol–water partition coefficient (Wildman–Crippen LogP) is 1.12. The molecule has 0 aliphatic rings. The van der Waals surface area contributed by atoms with E-state index >= 15 is 0 Å². The number of nitrogens with one attached hydrogen (secondary N) is 1. The van der Waals surface area contributed by atoms with E-state index in [2.05, 4.69) is 28.7 Å². The molecular formula is C9H17N3S. The zero-order valence-electron chi connectivity index (χ0n) is 8.37. The third-order valence-electron chi connectivity index (χ3n) is 2.02. The van der Waals surface area contributed by atoms with Crippen molar-refractivity contribution in [1.29, 1.82) is 0 Å². The zero-order valence-corrected chi connectivity index (χ0v) is 9.19. The van der Waals surface area contributed by atoms with E-state index in [0.29, 0.717) is 0 Å². The second kappa shape index (κ2) is 4.72. The standard InChI is InChI=1S/C9H17N3S/c1-7-8(4-5-13-7)9(11-10)6-12(2)3/h4-5,9,11H,6,10H2,1-3H3. The molecule has 0 saturated heterocycles. The first kappa shape index (κ1) is 10.7. The Morgan fingerprint density at radius 1 is 1.62 bits per heavy atom. The Morgan fingerprint density at radius 3 is 2.69 bits per heavy atom. The van der Waals surface area contributed by atoms with E-state index in [1.165, 1.54) is 10.4 Å². The number of nitrogens with zero attached hydrogens (tertiary/aromatic N) is 1. The maximum absolute atomic E-state index is 5.51.